The second-order valence-electron chi connectivity index (χ2n) is 6.38. The van der Waals surface area contributed by atoms with Crippen LogP contribution in [0.5, 0.6) is 0 Å². The van der Waals surface area contributed by atoms with Gasteiger partial charge >= 0.3 is 5.97 Å². The van der Waals surface area contributed by atoms with Gasteiger partial charge < -0.3 is 15.4 Å². The van der Waals surface area contributed by atoms with E-state index in [9.17, 15) is 9.59 Å². The maximum Gasteiger partial charge on any atom is 0.325 e. The van der Waals surface area contributed by atoms with Gasteiger partial charge in [-0.2, -0.15) is 0 Å². The first-order chi connectivity index (χ1) is 13.9. The Morgan fingerprint density at radius 2 is 1.86 bits per heavy atom. The van der Waals surface area contributed by atoms with Gasteiger partial charge in [-0.15, -0.1) is 0 Å². The normalized spacial score (nSPS) is 12.4. The van der Waals surface area contributed by atoms with Gasteiger partial charge in [-0.25, -0.2) is 4.99 Å². The minimum atomic E-state index is -1.09. The van der Waals surface area contributed by atoms with Crippen molar-refractivity contribution in [3.8, 4) is 0 Å². The number of carbonyl (C=O) groups is 2. The Labute approximate surface area is 167 Å². The molecule has 3 rings (SSSR count). The number of nitrogens with one attached hydrogen (secondary N) is 1. The Bertz CT molecular complexity index is 1040. The first kappa shape index (κ1) is 19.8. The number of hydrogen-bond donors (Lipinski definition) is 3. The number of carbonyl (C=O) groups excluding carboxylic acids is 1. The van der Waals surface area contributed by atoms with E-state index < -0.39 is 12.5 Å². The molecule has 0 saturated heterocycles. The first-order valence-electron chi connectivity index (χ1n) is 8.89. The number of nitrogens with zero attached hydrogens (tertiary/aromatic N) is 2. The maximum absolute atomic E-state index is 12.7. The van der Waals surface area contributed by atoms with Crippen LogP contribution in [0.1, 0.15) is 40.0 Å². The third-order valence-corrected chi connectivity index (χ3v) is 4.29. The number of aliphatic imine (C=N–C) groups is 1. The van der Waals surface area contributed by atoms with Crippen molar-refractivity contribution in [1.82, 2.24) is 5.16 Å². The highest BCUT2D eigenvalue weighted by atomic mass is 16.5. The summed E-state index contributed by atoms with van der Waals surface area (Å²) in [5.41, 5.74) is 8.36. The van der Waals surface area contributed by atoms with Crippen molar-refractivity contribution < 1.29 is 19.2 Å². The molecular formula is C21H20N4O4. The molecule has 1 heterocycles. The molecule has 0 saturated carbocycles. The van der Waals surface area contributed by atoms with Gasteiger partial charge in [0.2, 0.25) is 5.88 Å². The van der Waals surface area contributed by atoms with Crippen LogP contribution in [-0.4, -0.2) is 34.5 Å². The second kappa shape index (κ2) is 8.83. The Morgan fingerprint density at radius 3 is 2.59 bits per heavy atom. The van der Waals surface area contributed by atoms with Crippen LogP contribution in [0, 0.1) is 0 Å². The van der Waals surface area contributed by atoms with E-state index in [1.165, 1.54) is 0 Å². The van der Waals surface area contributed by atoms with Crippen molar-refractivity contribution in [3.05, 3.63) is 83.0 Å². The maximum atomic E-state index is 12.7. The third kappa shape index (κ3) is 5.07. The number of carboxylic acids is 1. The second-order valence-corrected chi connectivity index (χ2v) is 6.38. The number of ketones is 1. The Balaban J connectivity index is 1.75. The number of rotatable bonds is 7. The molecule has 0 bridgehead atoms. The molecule has 29 heavy (non-hydrogen) atoms. The summed E-state index contributed by atoms with van der Waals surface area (Å²) >= 11 is 0. The molecule has 0 spiro atoms. The number of benzene rings is 2. The van der Waals surface area contributed by atoms with Crippen molar-refractivity contribution in [2.24, 2.45) is 10.7 Å². The van der Waals surface area contributed by atoms with Crippen molar-refractivity contribution >= 4 is 23.6 Å². The highest BCUT2D eigenvalue weighted by molar-refractivity contribution is 6.09. The van der Waals surface area contributed by atoms with Crippen LogP contribution >= 0.6 is 0 Å². The summed E-state index contributed by atoms with van der Waals surface area (Å²) in [7, 11) is 0. The molecule has 8 heteroatoms. The van der Waals surface area contributed by atoms with E-state index in [0.29, 0.717) is 16.8 Å². The number of aliphatic carboxylic acids is 1. The Hall–Kier alpha value is -3.94. The van der Waals surface area contributed by atoms with Crippen molar-refractivity contribution in [2.75, 3.05) is 11.9 Å². The summed E-state index contributed by atoms with van der Waals surface area (Å²) in [6, 6.07) is 18.1. The van der Waals surface area contributed by atoms with E-state index in [-0.39, 0.29) is 23.5 Å². The van der Waals surface area contributed by atoms with Gasteiger partial charge in [-0.05, 0) is 11.6 Å². The Kier molecular flexibility index (Phi) is 6.03. The average molecular weight is 392 g/mol. The van der Waals surface area contributed by atoms with Crippen LogP contribution in [0.4, 0.5) is 5.88 Å². The number of guanidine groups is 1. The lowest BCUT2D eigenvalue weighted by molar-refractivity contribution is -0.135. The number of aromatic nitrogens is 1. The lowest BCUT2D eigenvalue weighted by Gasteiger charge is -2.10. The fourth-order valence-electron chi connectivity index (χ4n) is 2.75. The van der Waals surface area contributed by atoms with Crippen LogP contribution in [0.25, 0.3) is 0 Å². The largest absolute Gasteiger partial charge is 0.480 e. The molecule has 3 aromatic rings. The molecule has 0 fully saturated rings. The van der Waals surface area contributed by atoms with Crippen molar-refractivity contribution in [1.29, 1.82) is 0 Å². The minimum Gasteiger partial charge on any atom is -0.480 e. The number of carboxylic acid groups (broad SMARTS) is 1. The predicted molar refractivity (Wildman–Crippen MR) is 108 cm³/mol. The molecule has 1 aromatic heterocycles. The fraction of sp³-hybridized carbons (Fsp3) is 0.143. The Morgan fingerprint density at radius 1 is 1.14 bits per heavy atom. The smallest absolute Gasteiger partial charge is 0.325 e. The molecule has 148 valence electrons. The minimum absolute atomic E-state index is 0.0513. The summed E-state index contributed by atoms with van der Waals surface area (Å²) < 4.78 is 5.20. The third-order valence-electron chi connectivity index (χ3n) is 4.29. The molecule has 2 aromatic carbocycles. The first-order valence-corrected chi connectivity index (χ1v) is 8.89. The summed E-state index contributed by atoms with van der Waals surface area (Å²) in [4.78, 5) is 26.9. The standard InChI is InChI=1S/C21H20N4O4/c1-13(17-11-18(29-25-17)24-21(22)23-12-19(26)27)15-8-5-9-16(10-15)20(28)14-6-3-2-4-7-14/h2-11,13H,12H2,1H3,(H,26,27)(H3,22,23,24). The summed E-state index contributed by atoms with van der Waals surface area (Å²) in [6.07, 6.45) is 0. The van der Waals surface area contributed by atoms with E-state index in [4.69, 9.17) is 15.4 Å². The summed E-state index contributed by atoms with van der Waals surface area (Å²) in [5, 5.41) is 15.3. The predicted octanol–water partition coefficient (Wildman–Crippen LogP) is 2.87. The zero-order valence-corrected chi connectivity index (χ0v) is 15.7. The molecule has 1 unspecified atom stereocenters. The van der Waals surface area contributed by atoms with Gasteiger partial charge in [-0.1, -0.05) is 60.6 Å². The lowest BCUT2D eigenvalue weighted by atomic mass is 9.94. The van der Waals surface area contributed by atoms with Gasteiger partial charge in [0.05, 0.1) is 5.69 Å². The van der Waals surface area contributed by atoms with E-state index in [2.05, 4.69) is 15.5 Å². The monoisotopic (exact) mass is 392 g/mol. The van der Waals surface area contributed by atoms with Crippen molar-refractivity contribution in [2.45, 2.75) is 12.8 Å². The fourth-order valence-corrected chi connectivity index (χ4v) is 2.75. The average Bonchev–Trinajstić information content (AvgIpc) is 3.20. The zero-order valence-electron chi connectivity index (χ0n) is 15.7. The van der Waals surface area contributed by atoms with E-state index >= 15 is 0 Å². The zero-order chi connectivity index (χ0) is 20.8. The van der Waals surface area contributed by atoms with Gasteiger partial charge in [0.15, 0.2) is 11.7 Å². The van der Waals surface area contributed by atoms with Gasteiger partial charge in [-0.3, -0.25) is 14.9 Å². The highest BCUT2D eigenvalue weighted by Crippen LogP contribution is 2.26. The summed E-state index contributed by atoms with van der Waals surface area (Å²) in [6.45, 7) is 1.49. The molecule has 4 N–H and O–H groups in total. The quantitative estimate of drug-likeness (QED) is 0.320. The van der Waals surface area contributed by atoms with Crippen LogP contribution in [0.2, 0.25) is 0 Å². The lowest BCUT2D eigenvalue weighted by Crippen LogP contribution is -2.23. The van der Waals surface area contributed by atoms with Crippen LogP contribution in [0.15, 0.2) is 70.2 Å². The molecule has 8 nitrogen and oxygen atoms in total. The van der Waals surface area contributed by atoms with Crippen molar-refractivity contribution in [3.63, 3.8) is 0 Å². The van der Waals surface area contributed by atoms with E-state index in [0.717, 1.165) is 5.56 Å². The molecule has 0 aliphatic rings. The van der Waals surface area contributed by atoms with Crippen LogP contribution in [0.3, 0.4) is 0 Å². The molecule has 0 radical (unpaired) electrons. The van der Waals surface area contributed by atoms with Gasteiger partial charge in [0, 0.05) is 23.1 Å². The van der Waals surface area contributed by atoms with Gasteiger partial charge in [0.1, 0.15) is 6.54 Å². The van der Waals surface area contributed by atoms with Crippen LogP contribution < -0.4 is 11.1 Å². The SMILES string of the molecule is CC(c1cccc(C(=O)c2ccccc2)c1)c1cc(NC(N)=NCC(=O)O)on1. The van der Waals surface area contributed by atoms with Crippen LogP contribution in [-0.2, 0) is 4.79 Å². The number of anilines is 1. The van der Waals surface area contributed by atoms with E-state index in [1.54, 1.807) is 24.3 Å². The number of hydrogen-bond acceptors (Lipinski definition) is 5. The van der Waals surface area contributed by atoms with Gasteiger partial charge in [0.25, 0.3) is 0 Å². The summed E-state index contributed by atoms with van der Waals surface area (Å²) in [5.74, 6) is -1.13. The molecular weight excluding hydrogens is 372 g/mol. The highest BCUT2D eigenvalue weighted by Gasteiger charge is 2.17. The van der Waals surface area contributed by atoms with E-state index in [1.807, 2.05) is 43.3 Å². The number of nitrogens with two attached hydrogens (primary N) is 1. The molecule has 0 aliphatic carbocycles. The topological polar surface area (TPSA) is 131 Å². The molecule has 0 aliphatic heterocycles. The molecule has 1 atom stereocenters. The molecule has 0 amide bonds.